The Hall–Kier alpha value is -1.62. The Bertz CT molecular complexity index is 456. The zero-order valence-electron chi connectivity index (χ0n) is 13.9. The van der Waals surface area contributed by atoms with E-state index in [4.69, 9.17) is 0 Å². The molecule has 21 heavy (non-hydrogen) atoms. The molecule has 1 aromatic heterocycles. The number of nitrogens with one attached hydrogen (secondary N) is 2. The summed E-state index contributed by atoms with van der Waals surface area (Å²) < 4.78 is 0. The second kappa shape index (κ2) is 8.62. The summed E-state index contributed by atoms with van der Waals surface area (Å²) in [7, 11) is 1.81. The van der Waals surface area contributed by atoms with Gasteiger partial charge in [-0.1, -0.05) is 27.7 Å². The number of hydrogen-bond acceptors (Lipinski definition) is 4. The number of carbonyl (C=O) groups is 1. The molecule has 1 aromatic rings. The molecule has 2 N–H and O–H groups in total. The number of hydrogen-bond donors (Lipinski definition) is 2. The average molecular weight is 292 g/mol. The highest BCUT2D eigenvalue weighted by Crippen LogP contribution is 2.17. The van der Waals surface area contributed by atoms with Gasteiger partial charge < -0.3 is 15.5 Å². The first-order chi connectivity index (χ1) is 10.0. The number of nitrogens with zero attached hydrogens (tertiary/aromatic N) is 2. The van der Waals surface area contributed by atoms with Gasteiger partial charge in [0.15, 0.2) is 0 Å². The molecule has 0 unspecified atom stereocenters. The predicted octanol–water partition coefficient (Wildman–Crippen LogP) is 2.32. The Labute approximate surface area is 128 Å². The fourth-order valence-electron chi connectivity index (χ4n) is 2.08. The summed E-state index contributed by atoms with van der Waals surface area (Å²) in [5, 5.41) is 5.99. The van der Waals surface area contributed by atoms with E-state index in [1.807, 2.05) is 13.1 Å². The van der Waals surface area contributed by atoms with Crippen LogP contribution in [0.2, 0.25) is 0 Å². The number of likely N-dealkylation sites (N-methyl/N-ethyl adjacent to an activating group) is 1. The molecular formula is C16H28N4O. The van der Waals surface area contributed by atoms with Crippen molar-refractivity contribution in [3.63, 3.8) is 0 Å². The van der Waals surface area contributed by atoms with Gasteiger partial charge in [0, 0.05) is 31.4 Å². The molecule has 0 bridgehead atoms. The van der Waals surface area contributed by atoms with Gasteiger partial charge in [0.25, 0.3) is 5.91 Å². The summed E-state index contributed by atoms with van der Waals surface area (Å²) in [5.41, 5.74) is 1.59. The molecule has 0 saturated carbocycles. The van der Waals surface area contributed by atoms with E-state index >= 15 is 0 Å². The second-order valence-electron chi connectivity index (χ2n) is 5.35. The summed E-state index contributed by atoms with van der Waals surface area (Å²) in [5.74, 6) is 0.985. The van der Waals surface area contributed by atoms with Gasteiger partial charge in [-0.05, 0) is 31.1 Å². The third-order valence-corrected chi connectivity index (χ3v) is 3.56. The molecule has 0 aromatic carbocycles. The molecule has 1 heterocycles. The first kappa shape index (κ1) is 17.4. The quantitative estimate of drug-likeness (QED) is 0.772. The maximum absolute atomic E-state index is 12.3. The van der Waals surface area contributed by atoms with Crippen LogP contribution in [-0.2, 0) is 0 Å². The SMILES string of the molecule is CCN(CC)CCNC(=O)c1cc(NC)nc(C(C)C)c1. The van der Waals surface area contributed by atoms with Crippen LogP contribution in [0.3, 0.4) is 0 Å². The number of amides is 1. The molecule has 0 fully saturated rings. The number of rotatable bonds is 8. The van der Waals surface area contributed by atoms with E-state index in [2.05, 4.69) is 48.2 Å². The first-order valence-electron chi connectivity index (χ1n) is 7.72. The monoisotopic (exact) mass is 292 g/mol. The molecule has 0 radical (unpaired) electrons. The molecule has 0 aliphatic rings. The van der Waals surface area contributed by atoms with E-state index < -0.39 is 0 Å². The van der Waals surface area contributed by atoms with Gasteiger partial charge in [-0.25, -0.2) is 4.98 Å². The van der Waals surface area contributed by atoms with Crippen molar-refractivity contribution in [2.75, 3.05) is 38.5 Å². The zero-order valence-corrected chi connectivity index (χ0v) is 13.9. The zero-order chi connectivity index (χ0) is 15.8. The Kier molecular flexibility index (Phi) is 7.15. The minimum absolute atomic E-state index is 0.0389. The third-order valence-electron chi connectivity index (χ3n) is 3.56. The highest BCUT2D eigenvalue weighted by atomic mass is 16.1. The molecule has 0 saturated heterocycles. The van der Waals surface area contributed by atoms with Gasteiger partial charge in [-0.3, -0.25) is 4.79 Å². The van der Waals surface area contributed by atoms with Crippen molar-refractivity contribution in [3.8, 4) is 0 Å². The molecule has 118 valence electrons. The lowest BCUT2D eigenvalue weighted by Crippen LogP contribution is -2.34. The minimum Gasteiger partial charge on any atom is -0.373 e. The van der Waals surface area contributed by atoms with Crippen molar-refractivity contribution in [3.05, 3.63) is 23.4 Å². The number of anilines is 1. The Balaban J connectivity index is 2.71. The Morgan fingerprint density at radius 2 is 1.95 bits per heavy atom. The van der Waals surface area contributed by atoms with Crippen molar-refractivity contribution in [1.29, 1.82) is 0 Å². The lowest BCUT2D eigenvalue weighted by molar-refractivity contribution is 0.0948. The Morgan fingerprint density at radius 1 is 1.29 bits per heavy atom. The summed E-state index contributed by atoms with van der Waals surface area (Å²) in [6, 6.07) is 3.66. The van der Waals surface area contributed by atoms with Crippen molar-refractivity contribution in [2.45, 2.75) is 33.6 Å². The predicted molar refractivity (Wildman–Crippen MR) is 88.0 cm³/mol. The van der Waals surface area contributed by atoms with Crippen molar-refractivity contribution in [1.82, 2.24) is 15.2 Å². The van der Waals surface area contributed by atoms with E-state index in [0.717, 1.165) is 31.1 Å². The molecule has 0 aliphatic carbocycles. The van der Waals surface area contributed by atoms with Crippen LogP contribution in [0.4, 0.5) is 5.82 Å². The van der Waals surface area contributed by atoms with Crippen molar-refractivity contribution >= 4 is 11.7 Å². The number of pyridine rings is 1. The summed E-state index contributed by atoms with van der Waals surface area (Å²) in [4.78, 5) is 19.0. The average Bonchev–Trinajstić information content (AvgIpc) is 2.50. The van der Waals surface area contributed by atoms with Gasteiger partial charge in [-0.2, -0.15) is 0 Å². The smallest absolute Gasteiger partial charge is 0.251 e. The lowest BCUT2D eigenvalue weighted by atomic mass is 10.1. The van der Waals surface area contributed by atoms with Crippen molar-refractivity contribution in [2.24, 2.45) is 0 Å². The highest BCUT2D eigenvalue weighted by Gasteiger charge is 2.11. The van der Waals surface area contributed by atoms with E-state index in [1.54, 1.807) is 6.07 Å². The van der Waals surface area contributed by atoms with Crippen LogP contribution >= 0.6 is 0 Å². The van der Waals surface area contributed by atoms with Gasteiger partial charge in [0.1, 0.15) is 5.82 Å². The first-order valence-corrected chi connectivity index (χ1v) is 7.72. The summed E-state index contributed by atoms with van der Waals surface area (Å²) >= 11 is 0. The van der Waals surface area contributed by atoms with Crippen LogP contribution in [0.15, 0.2) is 12.1 Å². The van der Waals surface area contributed by atoms with Crippen LogP contribution in [0.5, 0.6) is 0 Å². The van der Waals surface area contributed by atoms with Gasteiger partial charge in [0.2, 0.25) is 0 Å². The van der Waals surface area contributed by atoms with Crippen LogP contribution in [-0.4, -0.2) is 49.0 Å². The molecular weight excluding hydrogens is 264 g/mol. The van der Waals surface area contributed by atoms with Gasteiger partial charge in [-0.15, -0.1) is 0 Å². The van der Waals surface area contributed by atoms with Gasteiger partial charge >= 0.3 is 0 Å². The lowest BCUT2D eigenvalue weighted by Gasteiger charge is -2.18. The number of carbonyl (C=O) groups excluding carboxylic acids is 1. The van der Waals surface area contributed by atoms with Crippen LogP contribution in [0, 0.1) is 0 Å². The molecule has 5 heteroatoms. The summed E-state index contributed by atoms with van der Waals surface area (Å²) in [6.07, 6.45) is 0. The molecule has 0 aliphatic heterocycles. The normalized spacial score (nSPS) is 11.0. The van der Waals surface area contributed by atoms with Crippen LogP contribution < -0.4 is 10.6 Å². The highest BCUT2D eigenvalue weighted by molar-refractivity contribution is 5.95. The third kappa shape index (κ3) is 5.34. The van der Waals surface area contributed by atoms with E-state index in [0.29, 0.717) is 18.0 Å². The molecule has 5 nitrogen and oxygen atoms in total. The number of aromatic nitrogens is 1. The summed E-state index contributed by atoms with van der Waals surface area (Å²) in [6.45, 7) is 11.9. The Morgan fingerprint density at radius 3 is 2.48 bits per heavy atom. The maximum atomic E-state index is 12.3. The standard InChI is InChI=1S/C16H28N4O/c1-6-20(7-2)9-8-18-16(21)13-10-14(12(3)4)19-15(11-13)17-5/h10-12H,6-9H2,1-5H3,(H,17,19)(H,18,21). The second-order valence-corrected chi connectivity index (χ2v) is 5.35. The van der Waals surface area contributed by atoms with Crippen LogP contribution in [0.25, 0.3) is 0 Å². The van der Waals surface area contributed by atoms with E-state index in [9.17, 15) is 4.79 Å². The molecule has 0 atom stereocenters. The van der Waals surface area contributed by atoms with E-state index in [1.165, 1.54) is 0 Å². The topological polar surface area (TPSA) is 57.3 Å². The fraction of sp³-hybridized carbons (Fsp3) is 0.625. The fourth-order valence-corrected chi connectivity index (χ4v) is 2.08. The molecule has 1 amide bonds. The van der Waals surface area contributed by atoms with Gasteiger partial charge in [0.05, 0.1) is 0 Å². The molecule has 0 spiro atoms. The maximum Gasteiger partial charge on any atom is 0.251 e. The largest absolute Gasteiger partial charge is 0.373 e. The van der Waals surface area contributed by atoms with Crippen molar-refractivity contribution < 1.29 is 4.79 Å². The molecule has 1 rings (SSSR count). The van der Waals surface area contributed by atoms with Crippen LogP contribution in [0.1, 0.15) is 49.7 Å². The minimum atomic E-state index is -0.0389. The van der Waals surface area contributed by atoms with E-state index in [-0.39, 0.29) is 5.91 Å².